The molecule has 0 amide bonds. The number of aromatic amines is 1. The lowest BCUT2D eigenvalue weighted by atomic mass is 10.2. The molecule has 1 aliphatic heterocycles. The van der Waals surface area contributed by atoms with Crippen molar-refractivity contribution in [2.45, 2.75) is 17.2 Å². The van der Waals surface area contributed by atoms with Crippen LogP contribution in [0.3, 0.4) is 0 Å². The Morgan fingerprint density at radius 1 is 1.14 bits per heavy atom. The van der Waals surface area contributed by atoms with Gasteiger partial charge in [-0.3, -0.25) is 9.69 Å². The summed E-state index contributed by atoms with van der Waals surface area (Å²) < 4.78 is 27.7. The Kier molecular flexibility index (Phi) is 5.28. The molecule has 1 N–H and O–H groups in total. The second-order valence-corrected chi connectivity index (χ2v) is 10.5. The highest BCUT2D eigenvalue weighted by Crippen LogP contribution is 2.29. The number of hydrogen-bond acceptors (Lipinski definition) is 6. The Balaban J connectivity index is 1.50. The summed E-state index contributed by atoms with van der Waals surface area (Å²) in [5.74, 6) is 0.588. The fraction of sp³-hybridized carbons (Fsp3) is 0.333. The van der Waals surface area contributed by atoms with Crippen LogP contribution in [0.15, 0.2) is 45.4 Å². The number of rotatable bonds is 4. The topological polar surface area (TPSA) is 86.4 Å². The highest BCUT2D eigenvalue weighted by Gasteiger charge is 2.31. The fourth-order valence-electron chi connectivity index (χ4n) is 3.37. The van der Waals surface area contributed by atoms with E-state index >= 15 is 0 Å². The van der Waals surface area contributed by atoms with Gasteiger partial charge in [-0.15, -0.1) is 11.3 Å². The van der Waals surface area contributed by atoms with Gasteiger partial charge in [-0.1, -0.05) is 23.7 Å². The van der Waals surface area contributed by atoms with Crippen molar-refractivity contribution >= 4 is 43.9 Å². The van der Waals surface area contributed by atoms with E-state index in [2.05, 4.69) is 14.9 Å². The molecule has 0 bridgehead atoms. The van der Waals surface area contributed by atoms with Gasteiger partial charge in [0.25, 0.3) is 15.6 Å². The van der Waals surface area contributed by atoms with Gasteiger partial charge < -0.3 is 4.98 Å². The number of sulfonamides is 1. The van der Waals surface area contributed by atoms with E-state index in [0.717, 1.165) is 11.3 Å². The van der Waals surface area contributed by atoms with Crippen molar-refractivity contribution in [2.24, 2.45) is 0 Å². The summed E-state index contributed by atoms with van der Waals surface area (Å²) in [5.41, 5.74) is 0.493. The van der Waals surface area contributed by atoms with Gasteiger partial charge in [-0.25, -0.2) is 13.4 Å². The molecule has 0 spiro atoms. The van der Waals surface area contributed by atoms with Crippen LogP contribution in [0.4, 0.5) is 0 Å². The van der Waals surface area contributed by atoms with Gasteiger partial charge in [0.15, 0.2) is 0 Å². The minimum Gasteiger partial charge on any atom is -0.309 e. The summed E-state index contributed by atoms with van der Waals surface area (Å²) in [6, 6.07) is 10.2. The largest absolute Gasteiger partial charge is 0.309 e. The highest BCUT2D eigenvalue weighted by atomic mass is 35.5. The number of halogens is 1. The Hall–Kier alpha value is -1.78. The molecule has 0 radical (unpaired) electrons. The Morgan fingerprint density at radius 3 is 2.54 bits per heavy atom. The van der Waals surface area contributed by atoms with Gasteiger partial charge in [-0.2, -0.15) is 4.31 Å². The van der Waals surface area contributed by atoms with Crippen molar-refractivity contribution in [2.75, 3.05) is 26.2 Å². The lowest BCUT2D eigenvalue weighted by molar-refractivity contribution is 0.141. The predicted octanol–water partition coefficient (Wildman–Crippen LogP) is 2.71. The highest BCUT2D eigenvalue weighted by molar-refractivity contribution is 7.91. The van der Waals surface area contributed by atoms with Crippen molar-refractivity contribution in [3.05, 3.63) is 56.9 Å². The first kappa shape index (κ1) is 19.5. The van der Waals surface area contributed by atoms with Gasteiger partial charge in [0, 0.05) is 26.2 Å². The van der Waals surface area contributed by atoms with Crippen LogP contribution < -0.4 is 5.56 Å². The number of hydrogen-bond donors (Lipinski definition) is 1. The Morgan fingerprint density at radius 2 is 1.86 bits per heavy atom. The maximum atomic E-state index is 12.7. The molecule has 0 aliphatic carbocycles. The first-order valence-electron chi connectivity index (χ1n) is 8.85. The van der Waals surface area contributed by atoms with Crippen molar-refractivity contribution in [3.63, 3.8) is 0 Å². The van der Waals surface area contributed by atoms with Gasteiger partial charge in [-0.05, 0) is 31.2 Å². The van der Waals surface area contributed by atoms with Gasteiger partial charge in [0.05, 0.1) is 21.3 Å². The fourth-order valence-corrected chi connectivity index (χ4v) is 6.43. The van der Waals surface area contributed by atoms with Crippen molar-refractivity contribution in [1.82, 2.24) is 19.2 Å². The van der Waals surface area contributed by atoms with Crippen molar-refractivity contribution < 1.29 is 8.42 Å². The summed E-state index contributed by atoms with van der Waals surface area (Å²) in [6.07, 6.45) is 0. The number of aromatic nitrogens is 2. The number of nitrogens with zero attached hydrogens (tertiary/aromatic N) is 3. The molecule has 4 rings (SSSR count). The summed E-state index contributed by atoms with van der Waals surface area (Å²) in [5, 5.41) is 0.559. The molecule has 1 saturated heterocycles. The number of para-hydroxylation sites is 1. The van der Waals surface area contributed by atoms with Gasteiger partial charge in [0.1, 0.15) is 10.0 Å². The van der Waals surface area contributed by atoms with E-state index in [1.807, 2.05) is 25.1 Å². The average Bonchev–Trinajstić information content (AvgIpc) is 3.15. The number of thiophene rings is 1. The molecule has 0 saturated carbocycles. The number of H-pyrrole nitrogens is 1. The first-order valence-corrected chi connectivity index (χ1v) is 11.5. The molecule has 3 aromatic rings. The quantitative estimate of drug-likeness (QED) is 0.676. The van der Waals surface area contributed by atoms with Crippen LogP contribution in [0.25, 0.3) is 10.9 Å². The third kappa shape index (κ3) is 3.60. The molecule has 1 fully saturated rings. The van der Waals surface area contributed by atoms with E-state index in [9.17, 15) is 13.2 Å². The smallest absolute Gasteiger partial charge is 0.258 e. The molecular weight excluding hydrogens is 420 g/mol. The molecule has 10 heteroatoms. The lowest BCUT2D eigenvalue weighted by Crippen LogP contribution is -2.49. The number of nitrogens with one attached hydrogen (secondary N) is 1. The molecule has 1 aliphatic rings. The zero-order valence-electron chi connectivity index (χ0n) is 15.1. The van der Waals surface area contributed by atoms with Gasteiger partial charge >= 0.3 is 0 Å². The van der Waals surface area contributed by atoms with Crippen LogP contribution >= 0.6 is 22.9 Å². The predicted molar refractivity (Wildman–Crippen MR) is 110 cm³/mol. The van der Waals surface area contributed by atoms with Crippen LogP contribution in [0.1, 0.15) is 18.8 Å². The normalized spacial score (nSPS) is 17.8. The van der Waals surface area contributed by atoms with Crippen LogP contribution in [0.2, 0.25) is 4.34 Å². The Labute approximate surface area is 171 Å². The summed E-state index contributed by atoms with van der Waals surface area (Å²) in [6.45, 7) is 3.82. The third-order valence-corrected chi connectivity index (χ3v) is 8.59. The standard InChI is InChI=1S/C18H19ClN4O3S2/c1-12(17-20-14-5-3-2-4-13(14)18(24)21-17)22-8-10-23(11-9-22)28(25,26)16-7-6-15(19)27-16/h2-7,12H,8-11H2,1H3,(H,20,21,24)/t12-/m0/s1. The molecule has 1 atom stereocenters. The van der Waals surface area contributed by atoms with Crippen LogP contribution in [0, 0.1) is 0 Å². The Bertz CT molecular complexity index is 1170. The van der Waals surface area contributed by atoms with E-state index in [-0.39, 0.29) is 15.8 Å². The van der Waals surface area contributed by atoms with Crippen molar-refractivity contribution in [3.8, 4) is 0 Å². The second-order valence-electron chi connectivity index (χ2n) is 6.64. The summed E-state index contributed by atoms with van der Waals surface area (Å²) in [4.78, 5) is 21.9. The van der Waals surface area contributed by atoms with E-state index in [4.69, 9.17) is 11.6 Å². The number of benzene rings is 1. The number of fused-ring (bicyclic) bond motifs is 1. The second kappa shape index (κ2) is 7.57. The van der Waals surface area contributed by atoms with E-state index < -0.39 is 10.0 Å². The molecule has 2 aromatic heterocycles. The molecular formula is C18H19ClN4O3S2. The maximum absolute atomic E-state index is 12.7. The van der Waals surface area contributed by atoms with Gasteiger partial charge in [0.2, 0.25) is 0 Å². The molecule has 28 heavy (non-hydrogen) atoms. The van der Waals surface area contributed by atoms with E-state index in [0.29, 0.717) is 47.2 Å². The van der Waals surface area contributed by atoms with Crippen LogP contribution in [-0.4, -0.2) is 53.8 Å². The molecule has 0 unspecified atom stereocenters. The zero-order valence-corrected chi connectivity index (χ0v) is 17.5. The summed E-state index contributed by atoms with van der Waals surface area (Å²) in [7, 11) is -3.52. The van der Waals surface area contributed by atoms with Crippen LogP contribution in [0.5, 0.6) is 0 Å². The van der Waals surface area contributed by atoms with E-state index in [1.54, 1.807) is 18.2 Å². The third-order valence-electron chi connectivity index (χ3n) is 4.99. The average molecular weight is 439 g/mol. The lowest BCUT2D eigenvalue weighted by Gasteiger charge is -2.36. The molecule has 7 nitrogen and oxygen atoms in total. The molecule has 148 valence electrons. The monoisotopic (exact) mass is 438 g/mol. The minimum atomic E-state index is -3.52. The first-order chi connectivity index (χ1) is 13.4. The summed E-state index contributed by atoms with van der Waals surface area (Å²) >= 11 is 6.95. The maximum Gasteiger partial charge on any atom is 0.258 e. The minimum absolute atomic E-state index is 0.127. The zero-order chi connectivity index (χ0) is 19.9. The SMILES string of the molecule is C[C@@H](c1nc2ccccc2c(=O)[nH]1)N1CCN(S(=O)(=O)c2ccc(Cl)s2)CC1. The van der Waals surface area contributed by atoms with Crippen molar-refractivity contribution in [1.29, 1.82) is 0 Å². The van der Waals surface area contributed by atoms with Crippen LogP contribution in [-0.2, 0) is 10.0 Å². The number of piperazine rings is 1. The molecule has 1 aromatic carbocycles. The van der Waals surface area contributed by atoms with E-state index in [1.165, 1.54) is 4.31 Å². The molecule has 3 heterocycles.